The molecule has 0 radical (unpaired) electrons. The van der Waals surface area contributed by atoms with Gasteiger partial charge in [0.25, 0.3) is 0 Å². The zero-order valence-corrected chi connectivity index (χ0v) is 11.0. The van der Waals surface area contributed by atoms with E-state index in [2.05, 4.69) is 5.32 Å². The molecule has 0 aliphatic carbocycles. The van der Waals surface area contributed by atoms with Crippen LogP contribution in [-0.2, 0) is 17.3 Å². The lowest BCUT2D eigenvalue weighted by molar-refractivity contribution is 0.0702. The summed E-state index contributed by atoms with van der Waals surface area (Å²) >= 11 is 1.31. The minimum absolute atomic E-state index is 0.381. The van der Waals surface area contributed by atoms with Crippen molar-refractivity contribution in [1.82, 2.24) is 5.32 Å². The van der Waals surface area contributed by atoms with Crippen molar-refractivity contribution in [3.63, 3.8) is 0 Å². The quantitative estimate of drug-likeness (QED) is 0.871. The summed E-state index contributed by atoms with van der Waals surface area (Å²) in [5, 5.41) is 12.2. The smallest absolute Gasteiger partial charge is 0.345 e. The molecule has 6 heteroatoms. The number of nitrogens with one attached hydrogen (secondary N) is 1. The van der Waals surface area contributed by atoms with Crippen molar-refractivity contribution in [1.29, 1.82) is 0 Å². The molecule has 17 heavy (non-hydrogen) atoms. The lowest BCUT2D eigenvalue weighted by atomic mass is 10.1. The summed E-state index contributed by atoms with van der Waals surface area (Å²) in [5.74, 6) is 0.694. The van der Waals surface area contributed by atoms with E-state index in [0.29, 0.717) is 17.5 Å². The van der Waals surface area contributed by atoms with E-state index in [9.17, 15) is 9.00 Å². The van der Waals surface area contributed by atoms with Crippen LogP contribution in [0.1, 0.15) is 27.4 Å². The monoisotopic (exact) mass is 273 g/mol. The van der Waals surface area contributed by atoms with E-state index in [0.717, 1.165) is 29.2 Å². The third-order valence-corrected chi connectivity index (χ3v) is 5.28. The van der Waals surface area contributed by atoms with Gasteiger partial charge in [0.2, 0.25) is 0 Å². The molecule has 1 aromatic rings. The molecule has 1 saturated heterocycles. The maximum atomic E-state index is 11.2. The van der Waals surface area contributed by atoms with Crippen LogP contribution >= 0.6 is 11.3 Å². The molecule has 0 spiro atoms. The summed E-state index contributed by atoms with van der Waals surface area (Å²) < 4.78 is 11.2. The normalized spacial score (nSPS) is 24.7. The van der Waals surface area contributed by atoms with Crippen LogP contribution in [0, 0.1) is 0 Å². The maximum absolute atomic E-state index is 11.2. The van der Waals surface area contributed by atoms with E-state index < -0.39 is 16.8 Å². The van der Waals surface area contributed by atoms with Gasteiger partial charge in [-0.3, -0.25) is 4.21 Å². The first-order valence-corrected chi connectivity index (χ1v) is 7.86. The second kappa shape index (κ2) is 5.75. The van der Waals surface area contributed by atoms with Gasteiger partial charge in [-0.15, -0.1) is 11.3 Å². The Bertz CT molecular complexity index is 420. The van der Waals surface area contributed by atoms with Crippen LogP contribution < -0.4 is 5.32 Å². The van der Waals surface area contributed by atoms with Gasteiger partial charge < -0.3 is 10.4 Å². The highest BCUT2D eigenvalue weighted by Crippen LogP contribution is 2.17. The highest BCUT2D eigenvalue weighted by Gasteiger charge is 2.17. The van der Waals surface area contributed by atoms with Crippen LogP contribution in [0.25, 0.3) is 0 Å². The molecule has 0 bridgehead atoms. The maximum Gasteiger partial charge on any atom is 0.345 e. The lowest BCUT2D eigenvalue weighted by Gasteiger charge is -2.22. The van der Waals surface area contributed by atoms with Crippen molar-refractivity contribution in [3.05, 3.63) is 21.9 Å². The van der Waals surface area contributed by atoms with Crippen molar-refractivity contribution in [2.45, 2.75) is 25.4 Å². The van der Waals surface area contributed by atoms with Gasteiger partial charge in [-0.05, 0) is 25.0 Å². The number of aromatic carboxylic acids is 1. The van der Waals surface area contributed by atoms with Crippen molar-refractivity contribution in [2.24, 2.45) is 0 Å². The molecule has 0 amide bonds. The fraction of sp³-hybridized carbons (Fsp3) is 0.545. The van der Waals surface area contributed by atoms with Crippen molar-refractivity contribution < 1.29 is 14.1 Å². The first-order valence-electron chi connectivity index (χ1n) is 5.55. The van der Waals surface area contributed by atoms with Gasteiger partial charge in [-0.25, -0.2) is 4.79 Å². The Morgan fingerprint density at radius 3 is 2.76 bits per heavy atom. The molecule has 2 N–H and O–H groups in total. The summed E-state index contributed by atoms with van der Waals surface area (Å²) in [7, 11) is -0.626. The van der Waals surface area contributed by atoms with Gasteiger partial charge in [-0.2, -0.15) is 0 Å². The Labute approximate surface area is 107 Å². The van der Waals surface area contributed by atoms with Gasteiger partial charge in [0, 0.05) is 39.8 Å². The highest BCUT2D eigenvalue weighted by molar-refractivity contribution is 7.85. The van der Waals surface area contributed by atoms with Crippen LogP contribution in [0.5, 0.6) is 0 Å². The number of hydrogen-bond acceptors (Lipinski definition) is 4. The SMILES string of the molecule is O=C(O)c1ccc(CNC2CCS(=O)CC2)s1. The number of thiophene rings is 1. The van der Waals surface area contributed by atoms with Gasteiger partial charge >= 0.3 is 5.97 Å². The van der Waals surface area contributed by atoms with Gasteiger partial charge in [0.15, 0.2) is 0 Å². The average Bonchev–Trinajstić information content (AvgIpc) is 2.77. The van der Waals surface area contributed by atoms with Crippen LogP contribution in [0.15, 0.2) is 12.1 Å². The number of hydrogen-bond donors (Lipinski definition) is 2. The van der Waals surface area contributed by atoms with Gasteiger partial charge in [0.05, 0.1) is 0 Å². The molecule has 1 aliphatic heterocycles. The van der Waals surface area contributed by atoms with Crippen LogP contribution in [-0.4, -0.2) is 32.8 Å². The first-order chi connectivity index (χ1) is 8.15. The Balaban J connectivity index is 1.81. The summed E-state index contributed by atoms with van der Waals surface area (Å²) in [6.45, 7) is 0.704. The molecule has 0 aromatic carbocycles. The predicted molar refractivity (Wildman–Crippen MR) is 69.0 cm³/mol. The molecule has 0 saturated carbocycles. The Morgan fingerprint density at radius 2 is 2.18 bits per heavy atom. The van der Waals surface area contributed by atoms with E-state index >= 15 is 0 Å². The standard InChI is InChI=1S/C11H15NO3S2/c13-11(14)10-2-1-9(16-10)7-12-8-3-5-17(15)6-4-8/h1-2,8,12H,3-7H2,(H,13,14). The van der Waals surface area contributed by atoms with E-state index in [1.165, 1.54) is 11.3 Å². The highest BCUT2D eigenvalue weighted by atomic mass is 32.2. The largest absolute Gasteiger partial charge is 0.477 e. The molecule has 1 aliphatic rings. The van der Waals surface area contributed by atoms with Crippen LogP contribution in [0.3, 0.4) is 0 Å². The molecular formula is C11H15NO3S2. The summed E-state index contributed by atoms with van der Waals surface area (Å²) in [4.78, 5) is 12.1. The third-order valence-electron chi connectivity index (χ3n) is 2.83. The number of carboxylic acid groups (broad SMARTS) is 1. The molecule has 2 heterocycles. The fourth-order valence-corrected chi connectivity index (χ4v) is 3.93. The Kier molecular flexibility index (Phi) is 4.31. The number of carboxylic acids is 1. The molecule has 1 fully saturated rings. The predicted octanol–water partition coefficient (Wildman–Crippen LogP) is 1.45. The van der Waals surface area contributed by atoms with E-state index in [1.807, 2.05) is 6.07 Å². The molecule has 1 aromatic heterocycles. The van der Waals surface area contributed by atoms with Crippen molar-refractivity contribution in [2.75, 3.05) is 11.5 Å². The van der Waals surface area contributed by atoms with Gasteiger partial charge in [-0.1, -0.05) is 0 Å². The Morgan fingerprint density at radius 1 is 1.47 bits per heavy atom. The number of rotatable bonds is 4. The minimum atomic E-state index is -0.866. The van der Waals surface area contributed by atoms with Crippen molar-refractivity contribution >= 4 is 28.1 Å². The Hall–Kier alpha value is -0.720. The summed E-state index contributed by atoms with van der Waals surface area (Å²) in [5.41, 5.74) is 0. The van der Waals surface area contributed by atoms with E-state index in [-0.39, 0.29) is 0 Å². The lowest BCUT2D eigenvalue weighted by Crippen LogP contribution is -2.35. The van der Waals surface area contributed by atoms with Gasteiger partial charge in [0.1, 0.15) is 4.88 Å². The molecule has 2 rings (SSSR count). The molecule has 4 nitrogen and oxygen atoms in total. The molecule has 94 valence electrons. The zero-order valence-electron chi connectivity index (χ0n) is 9.35. The second-order valence-electron chi connectivity index (χ2n) is 4.07. The van der Waals surface area contributed by atoms with E-state index in [4.69, 9.17) is 5.11 Å². The molecular weight excluding hydrogens is 258 g/mol. The fourth-order valence-electron chi connectivity index (χ4n) is 1.83. The third kappa shape index (κ3) is 3.62. The van der Waals surface area contributed by atoms with E-state index in [1.54, 1.807) is 6.07 Å². The summed E-state index contributed by atoms with van der Waals surface area (Å²) in [6, 6.07) is 3.91. The second-order valence-corrected chi connectivity index (χ2v) is 6.94. The topological polar surface area (TPSA) is 66.4 Å². The van der Waals surface area contributed by atoms with Crippen LogP contribution in [0.2, 0.25) is 0 Å². The molecule has 0 atom stereocenters. The zero-order chi connectivity index (χ0) is 12.3. The van der Waals surface area contributed by atoms with Crippen LogP contribution in [0.4, 0.5) is 0 Å². The van der Waals surface area contributed by atoms with Crippen molar-refractivity contribution in [3.8, 4) is 0 Å². The molecule has 0 unspecified atom stereocenters. The first kappa shape index (κ1) is 12.7. The average molecular weight is 273 g/mol. The number of carbonyl (C=O) groups is 1. The summed E-state index contributed by atoms with van der Waals surface area (Å²) in [6.07, 6.45) is 1.90. The minimum Gasteiger partial charge on any atom is -0.477 e.